The third-order valence-electron chi connectivity index (χ3n) is 3.93. The smallest absolute Gasteiger partial charge is 0.245 e. The molecule has 2 atom stereocenters. The lowest BCUT2D eigenvalue weighted by Crippen LogP contribution is -2.43. The molecular weight excluding hydrogens is 226 g/mol. The van der Waals surface area contributed by atoms with E-state index in [9.17, 15) is 0 Å². The predicted octanol–water partition coefficient (Wildman–Crippen LogP) is 1.15. The van der Waals surface area contributed by atoms with E-state index in [-0.39, 0.29) is 0 Å². The fourth-order valence-electron chi connectivity index (χ4n) is 2.59. The van der Waals surface area contributed by atoms with E-state index in [0.717, 1.165) is 37.7 Å². The van der Waals surface area contributed by atoms with Gasteiger partial charge in [0.1, 0.15) is 0 Å². The summed E-state index contributed by atoms with van der Waals surface area (Å²) in [5.41, 5.74) is 6.73. The summed E-state index contributed by atoms with van der Waals surface area (Å²) in [5, 5.41) is 4.52. The van der Waals surface area contributed by atoms with E-state index in [1.165, 1.54) is 0 Å². The van der Waals surface area contributed by atoms with Gasteiger partial charge in [0.15, 0.2) is 5.65 Å². The van der Waals surface area contributed by atoms with Crippen LogP contribution in [0.3, 0.4) is 0 Å². The Bertz CT molecular complexity index is 502. The van der Waals surface area contributed by atoms with E-state index >= 15 is 0 Å². The SMILES string of the molecule is CC1CCN(c2nc3ccccn3n2)CC1CN. The minimum Gasteiger partial charge on any atom is -0.339 e. The number of aromatic nitrogens is 3. The molecule has 18 heavy (non-hydrogen) atoms. The summed E-state index contributed by atoms with van der Waals surface area (Å²) in [7, 11) is 0. The van der Waals surface area contributed by atoms with Crippen LogP contribution in [-0.4, -0.2) is 34.2 Å². The molecular formula is C13H19N5. The number of anilines is 1. The van der Waals surface area contributed by atoms with Gasteiger partial charge in [0.2, 0.25) is 5.95 Å². The van der Waals surface area contributed by atoms with Crippen molar-refractivity contribution in [1.29, 1.82) is 0 Å². The molecule has 0 spiro atoms. The highest BCUT2D eigenvalue weighted by atomic mass is 15.4. The number of rotatable bonds is 2. The quantitative estimate of drug-likeness (QED) is 0.862. The van der Waals surface area contributed by atoms with E-state index in [2.05, 4.69) is 21.9 Å². The van der Waals surface area contributed by atoms with Crippen LogP contribution < -0.4 is 10.6 Å². The molecule has 1 aliphatic heterocycles. The number of nitrogens with two attached hydrogens (primary N) is 1. The molecule has 0 bridgehead atoms. The van der Waals surface area contributed by atoms with Crippen molar-refractivity contribution in [2.24, 2.45) is 17.6 Å². The molecule has 96 valence electrons. The normalized spacial score (nSPS) is 24.7. The van der Waals surface area contributed by atoms with Crippen molar-refractivity contribution >= 4 is 11.6 Å². The van der Waals surface area contributed by atoms with Crippen molar-refractivity contribution in [3.8, 4) is 0 Å². The van der Waals surface area contributed by atoms with Crippen LogP contribution in [0.25, 0.3) is 5.65 Å². The molecule has 5 nitrogen and oxygen atoms in total. The van der Waals surface area contributed by atoms with Gasteiger partial charge in [-0.15, -0.1) is 5.10 Å². The summed E-state index contributed by atoms with van der Waals surface area (Å²) < 4.78 is 1.82. The van der Waals surface area contributed by atoms with Crippen molar-refractivity contribution in [3.05, 3.63) is 24.4 Å². The Labute approximate surface area is 107 Å². The Morgan fingerprint density at radius 2 is 2.33 bits per heavy atom. The zero-order chi connectivity index (χ0) is 12.5. The van der Waals surface area contributed by atoms with E-state index in [4.69, 9.17) is 5.73 Å². The summed E-state index contributed by atoms with van der Waals surface area (Å²) >= 11 is 0. The Morgan fingerprint density at radius 1 is 1.44 bits per heavy atom. The molecule has 0 radical (unpaired) electrons. The maximum absolute atomic E-state index is 5.84. The van der Waals surface area contributed by atoms with Gasteiger partial charge in [-0.1, -0.05) is 13.0 Å². The van der Waals surface area contributed by atoms with Crippen molar-refractivity contribution in [2.45, 2.75) is 13.3 Å². The van der Waals surface area contributed by atoms with Gasteiger partial charge in [-0.2, -0.15) is 4.98 Å². The molecule has 0 saturated carbocycles. The maximum Gasteiger partial charge on any atom is 0.245 e. The van der Waals surface area contributed by atoms with Gasteiger partial charge in [-0.05, 0) is 36.9 Å². The topological polar surface area (TPSA) is 59.5 Å². The monoisotopic (exact) mass is 245 g/mol. The number of pyridine rings is 1. The van der Waals surface area contributed by atoms with Crippen LogP contribution in [0.2, 0.25) is 0 Å². The van der Waals surface area contributed by atoms with Gasteiger partial charge >= 0.3 is 0 Å². The van der Waals surface area contributed by atoms with Gasteiger partial charge in [-0.3, -0.25) is 0 Å². The van der Waals surface area contributed by atoms with Gasteiger partial charge in [0.05, 0.1) is 0 Å². The summed E-state index contributed by atoms with van der Waals surface area (Å²) in [6, 6.07) is 5.92. The number of piperidine rings is 1. The van der Waals surface area contributed by atoms with Crippen LogP contribution in [0.5, 0.6) is 0 Å². The van der Waals surface area contributed by atoms with E-state index < -0.39 is 0 Å². The van der Waals surface area contributed by atoms with E-state index in [1.807, 2.05) is 28.9 Å². The largest absolute Gasteiger partial charge is 0.339 e. The second-order valence-corrected chi connectivity index (χ2v) is 5.12. The molecule has 0 aromatic carbocycles. The second-order valence-electron chi connectivity index (χ2n) is 5.12. The molecule has 5 heteroatoms. The first kappa shape index (κ1) is 11.5. The third kappa shape index (κ3) is 1.95. The lowest BCUT2D eigenvalue weighted by atomic mass is 9.87. The third-order valence-corrected chi connectivity index (χ3v) is 3.93. The van der Waals surface area contributed by atoms with E-state index in [0.29, 0.717) is 11.8 Å². The Balaban J connectivity index is 1.86. The van der Waals surface area contributed by atoms with Gasteiger partial charge in [0, 0.05) is 19.3 Å². The van der Waals surface area contributed by atoms with E-state index in [1.54, 1.807) is 0 Å². The fraction of sp³-hybridized carbons (Fsp3) is 0.538. The summed E-state index contributed by atoms with van der Waals surface area (Å²) in [4.78, 5) is 6.82. The number of nitrogens with zero attached hydrogens (tertiary/aromatic N) is 4. The summed E-state index contributed by atoms with van der Waals surface area (Å²) in [6.07, 6.45) is 3.09. The number of fused-ring (bicyclic) bond motifs is 1. The minimum atomic E-state index is 0.547. The molecule has 2 unspecified atom stereocenters. The second kappa shape index (κ2) is 4.57. The lowest BCUT2D eigenvalue weighted by molar-refractivity contribution is 0.306. The zero-order valence-electron chi connectivity index (χ0n) is 10.7. The maximum atomic E-state index is 5.84. The first-order chi connectivity index (χ1) is 8.78. The first-order valence-corrected chi connectivity index (χ1v) is 6.54. The molecule has 2 N–H and O–H groups in total. The molecule has 1 fully saturated rings. The van der Waals surface area contributed by atoms with Gasteiger partial charge in [-0.25, -0.2) is 4.52 Å². The van der Waals surface area contributed by atoms with Crippen LogP contribution in [0.4, 0.5) is 5.95 Å². The van der Waals surface area contributed by atoms with Crippen molar-refractivity contribution < 1.29 is 0 Å². The molecule has 1 saturated heterocycles. The number of hydrogen-bond acceptors (Lipinski definition) is 4. The van der Waals surface area contributed by atoms with Crippen LogP contribution >= 0.6 is 0 Å². The Kier molecular flexibility index (Phi) is 2.91. The zero-order valence-corrected chi connectivity index (χ0v) is 10.7. The summed E-state index contributed by atoms with van der Waals surface area (Å²) in [5.74, 6) is 2.07. The van der Waals surface area contributed by atoms with Crippen LogP contribution in [0.1, 0.15) is 13.3 Å². The van der Waals surface area contributed by atoms with Crippen LogP contribution in [0, 0.1) is 11.8 Å². The Morgan fingerprint density at radius 3 is 3.11 bits per heavy atom. The molecule has 2 aromatic heterocycles. The Hall–Kier alpha value is -1.62. The number of hydrogen-bond donors (Lipinski definition) is 1. The molecule has 1 aliphatic rings. The highest BCUT2D eigenvalue weighted by Gasteiger charge is 2.27. The fourth-order valence-corrected chi connectivity index (χ4v) is 2.59. The minimum absolute atomic E-state index is 0.547. The first-order valence-electron chi connectivity index (χ1n) is 6.54. The molecule has 0 amide bonds. The molecule has 2 aromatic rings. The van der Waals surface area contributed by atoms with Gasteiger partial charge in [0.25, 0.3) is 0 Å². The van der Waals surface area contributed by atoms with Crippen molar-refractivity contribution in [1.82, 2.24) is 14.6 Å². The van der Waals surface area contributed by atoms with Gasteiger partial charge < -0.3 is 10.6 Å². The standard InChI is InChI=1S/C13H19N5/c1-10-5-7-17(9-11(10)8-14)13-15-12-4-2-3-6-18(12)16-13/h2-4,6,10-11H,5,7-9,14H2,1H3. The van der Waals surface area contributed by atoms with Crippen molar-refractivity contribution in [2.75, 3.05) is 24.5 Å². The molecule has 0 aliphatic carbocycles. The molecule has 3 rings (SSSR count). The van der Waals surface area contributed by atoms with Crippen LogP contribution in [0.15, 0.2) is 24.4 Å². The molecule has 3 heterocycles. The predicted molar refractivity (Wildman–Crippen MR) is 71.5 cm³/mol. The van der Waals surface area contributed by atoms with Crippen molar-refractivity contribution in [3.63, 3.8) is 0 Å². The average Bonchev–Trinajstić information content (AvgIpc) is 2.83. The highest BCUT2D eigenvalue weighted by molar-refractivity contribution is 5.44. The van der Waals surface area contributed by atoms with Crippen LogP contribution in [-0.2, 0) is 0 Å². The summed E-state index contributed by atoms with van der Waals surface area (Å²) in [6.45, 7) is 5.01. The highest BCUT2D eigenvalue weighted by Crippen LogP contribution is 2.25. The average molecular weight is 245 g/mol. The lowest BCUT2D eigenvalue weighted by Gasteiger charge is -2.35.